The quantitative estimate of drug-likeness (QED) is 0.569. The van der Waals surface area contributed by atoms with Gasteiger partial charge < -0.3 is 8.98 Å². The zero-order valence-electron chi connectivity index (χ0n) is 12.3. The Morgan fingerprint density at radius 3 is 2.87 bits per heavy atom. The van der Waals surface area contributed by atoms with Crippen LogP contribution in [0.2, 0.25) is 0 Å². The first kappa shape index (κ1) is 13.4. The molecule has 112 valence electrons. The van der Waals surface area contributed by atoms with Gasteiger partial charge in [-0.05, 0) is 30.7 Å². The molecule has 0 bridgehead atoms. The molecule has 0 aliphatic heterocycles. The van der Waals surface area contributed by atoms with Gasteiger partial charge in [-0.15, -0.1) is 0 Å². The van der Waals surface area contributed by atoms with Crippen LogP contribution in [0, 0.1) is 6.92 Å². The Hall–Kier alpha value is -3.28. The summed E-state index contributed by atoms with van der Waals surface area (Å²) < 4.78 is 7.23. The summed E-state index contributed by atoms with van der Waals surface area (Å²) in [5.41, 5.74) is 2.26. The molecule has 0 saturated carbocycles. The number of benzene rings is 1. The minimum atomic E-state index is -0.412. The van der Waals surface area contributed by atoms with Gasteiger partial charge in [-0.2, -0.15) is 0 Å². The molecule has 3 heterocycles. The van der Waals surface area contributed by atoms with Gasteiger partial charge in [-0.1, -0.05) is 12.1 Å². The molecule has 0 saturated heterocycles. The number of nitrogens with zero attached hydrogens (tertiary/aromatic N) is 4. The number of hydrogen-bond donors (Lipinski definition) is 0. The van der Waals surface area contributed by atoms with Crippen LogP contribution in [0.3, 0.4) is 0 Å². The maximum atomic E-state index is 12.3. The van der Waals surface area contributed by atoms with Crippen molar-refractivity contribution in [1.82, 2.24) is 19.5 Å². The van der Waals surface area contributed by atoms with Gasteiger partial charge in [0, 0.05) is 18.6 Å². The third-order valence-corrected chi connectivity index (χ3v) is 3.64. The molecule has 0 spiro atoms. The second-order valence-electron chi connectivity index (χ2n) is 5.12. The van der Waals surface area contributed by atoms with Gasteiger partial charge in [0.2, 0.25) is 0 Å². The van der Waals surface area contributed by atoms with Crippen LogP contribution in [0.25, 0.3) is 28.2 Å². The monoisotopic (exact) mass is 304 g/mol. The number of imidazole rings is 1. The summed E-state index contributed by atoms with van der Waals surface area (Å²) in [5, 5.41) is 0.497. The molecule has 23 heavy (non-hydrogen) atoms. The largest absolute Gasteiger partial charge is 0.401 e. The highest BCUT2D eigenvalue weighted by molar-refractivity contribution is 5.82. The highest BCUT2D eigenvalue weighted by Gasteiger charge is 2.15. The molecule has 4 rings (SSSR count). The second kappa shape index (κ2) is 5.17. The summed E-state index contributed by atoms with van der Waals surface area (Å²) in [4.78, 5) is 25.2. The maximum absolute atomic E-state index is 12.3. The molecule has 3 aromatic heterocycles. The lowest BCUT2D eigenvalue weighted by Gasteiger charge is -2.08. The average molecular weight is 304 g/mol. The Morgan fingerprint density at radius 2 is 2.04 bits per heavy atom. The predicted octanol–water partition coefficient (Wildman–Crippen LogP) is 2.74. The maximum Gasteiger partial charge on any atom is 0.347 e. The Morgan fingerprint density at radius 1 is 1.13 bits per heavy atom. The third kappa shape index (κ3) is 2.20. The Kier molecular flexibility index (Phi) is 3.01. The fourth-order valence-corrected chi connectivity index (χ4v) is 2.55. The van der Waals surface area contributed by atoms with Crippen LogP contribution in [0.5, 0.6) is 0 Å². The van der Waals surface area contributed by atoms with Crippen molar-refractivity contribution in [3.63, 3.8) is 0 Å². The standard InChI is InChI=1S/C17H12N4O2/c1-11-4-2-5-12-14(11)17(22)23-16(20-12)15-13(6-3-7-19-15)21-9-8-18-10-21/h2-10H,1H3. The van der Waals surface area contributed by atoms with Gasteiger partial charge >= 0.3 is 5.63 Å². The van der Waals surface area contributed by atoms with Gasteiger partial charge in [0.1, 0.15) is 5.69 Å². The number of hydrogen-bond acceptors (Lipinski definition) is 5. The van der Waals surface area contributed by atoms with Crippen molar-refractivity contribution in [2.75, 3.05) is 0 Å². The molecule has 0 amide bonds. The minimum Gasteiger partial charge on any atom is -0.401 e. The summed E-state index contributed by atoms with van der Waals surface area (Å²) >= 11 is 0. The fraction of sp³-hybridized carbons (Fsp3) is 0.0588. The van der Waals surface area contributed by atoms with Crippen molar-refractivity contribution in [3.8, 4) is 17.3 Å². The molecule has 0 unspecified atom stereocenters. The number of rotatable bonds is 2. The molecule has 0 aliphatic carbocycles. The zero-order chi connectivity index (χ0) is 15.8. The summed E-state index contributed by atoms with van der Waals surface area (Å²) in [6.07, 6.45) is 6.76. The number of aromatic nitrogens is 4. The van der Waals surface area contributed by atoms with Crippen LogP contribution < -0.4 is 5.63 Å². The Labute approximate surface area is 131 Å². The van der Waals surface area contributed by atoms with E-state index in [4.69, 9.17) is 4.42 Å². The normalized spacial score (nSPS) is 11.0. The van der Waals surface area contributed by atoms with Crippen LogP contribution in [-0.2, 0) is 0 Å². The van der Waals surface area contributed by atoms with Crippen LogP contribution in [0.1, 0.15) is 5.56 Å². The smallest absolute Gasteiger partial charge is 0.347 e. The van der Waals surface area contributed by atoms with Crippen molar-refractivity contribution in [2.24, 2.45) is 0 Å². The topological polar surface area (TPSA) is 73.8 Å². The van der Waals surface area contributed by atoms with Gasteiger partial charge in [0.15, 0.2) is 0 Å². The van der Waals surface area contributed by atoms with Gasteiger partial charge in [0.25, 0.3) is 5.89 Å². The van der Waals surface area contributed by atoms with Gasteiger partial charge in [-0.3, -0.25) is 0 Å². The average Bonchev–Trinajstić information content (AvgIpc) is 3.09. The van der Waals surface area contributed by atoms with E-state index in [2.05, 4.69) is 15.0 Å². The van der Waals surface area contributed by atoms with Crippen molar-refractivity contribution >= 4 is 10.9 Å². The van der Waals surface area contributed by atoms with Crippen molar-refractivity contribution in [2.45, 2.75) is 6.92 Å². The van der Waals surface area contributed by atoms with Crippen LogP contribution in [0.4, 0.5) is 0 Å². The van der Waals surface area contributed by atoms with Gasteiger partial charge in [0.05, 0.1) is 22.9 Å². The molecule has 1 aromatic carbocycles. The lowest BCUT2D eigenvalue weighted by molar-refractivity contribution is 0.515. The minimum absolute atomic E-state index is 0.192. The molecule has 6 heteroatoms. The molecule has 0 fully saturated rings. The molecule has 0 N–H and O–H groups in total. The zero-order valence-corrected chi connectivity index (χ0v) is 12.3. The summed E-state index contributed by atoms with van der Waals surface area (Å²) in [7, 11) is 0. The van der Waals surface area contributed by atoms with Crippen LogP contribution in [0.15, 0.2) is 64.5 Å². The lowest BCUT2D eigenvalue weighted by atomic mass is 10.1. The first-order chi connectivity index (χ1) is 11.2. The Balaban J connectivity index is 2.00. The van der Waals surface area contributed by atoms with E-state index < -0.39 is 5.63 Å². The van der Waals surface area contributed by atoms with Crippen molar-refractivity contribution in [1.29, 1.82) is 0 Å². The van der Waals surface area contributed by atoms with Crippen LogP contribution in [-0.4, -0.2) is 19.5 Å². The summed E-state index contributed by atoms with van der Waals surface area (Å²) in [5.74, 6) is 0.192. The van der Waals surface area contributed by atoms with E-state index in [1.807, 2.05) is 31.2 Å². The summed E-state index contributed by atoms with van der Waals surface area (Å²) in [6, 6.07) is 9.19. The first-order valence-electron chi connectivity index (χ1n) is 7.08. The molecule has 0 atom stereocenters. The van der Waals surface area contributed by atoms with Gasteiger partial charge in [-0.25, -0.2) is 19.7 Å². The number of pyridine rings is 1. The molecule has 0 aliphatic rings. The second-order valence-corrected chi connectivity index (χ2v) is 5.12. The van der Waals surface area contributed by atoms with E-state index >= 15 is 0 Å². The van der Waals surface area contributed by atoms with E-state index in [1.54, 1.807) is 35.6 Å². The fourth-order valence-electron chi connectivity index (χ4n) is 2.55. The van der Waals surface area contributed by atoms with Crippen molar-refractivity contribution < 1.29 is 4.42 Å². The van der Waals surface area contributed by atoms with E-state index in [-0.39, 0.29) is 5.89 Å². The van der Waals surface area contributed by atoms with E-state index in [0.29, 0.717) is 16.6 Å². The number of aryl methyl sites for hydroxylation is 1. The number of fused-ring (bicyclic) bond motifs is 1. The van der Waals surface area contributed by atoms with Crippen molar-refractivity contribution in [3.05, 3.63) is 71.2 Å². The summed E-state index contributed by atoms with van der Waals surface area (Å²) in [6.45, 7) is 1.86. The van der Waals surface area contributed by atoms with E-state index in [1.165, 1.54) is 0 Å². The highest BCUT2D eigenvalue weighted by atomic mass is 16.4. The molecular formula is C17H12N4O2. The molecule has 0 radical (unpaired) electrons. The first-order valence-corrected chi connectivity index (χ1v) is 7.08. The molecule has 6 nitrogen and oxygen atoms in total. The van der Waals surface area contributed by atoms with Crippen LogP contribution >= 0.6 is 0 Å². The Bertz CT molecular complexity index is 1050. The molecule has 4 aromatic rings. The van der Waals surface area contributed by atoms with E-state index in [9.17, 15) is 4.79 Å². The molecular weight excluding hydrogens is 292 g/mol. The third-order valence-electron chi connectivity index (χ3n) is 3.64. The lowest BCUT2D eigenvalue weighted by Crippen LogP contribution is -2.06. The predicted molar refractivity (Wildman–Crippen MR) is 85.4 cm³/mol. The SMILES string of the molecule is Cc1cccc2nc(-c3ncccc3-n3ccnc3)oc(=O)c12. The highest BCUT2D eigenvalue weighted by Crippen LogP contribution is 2.23. The van der Waals surface area contributed by atoms with E-state index in [0.717, 1.165) is 11.3 Å².